The number of carbonyl (C=O) groups is 2. The summed E-state index contributed by atoms with van der Waals surface area (Å²) in [6.07, 6.45) is 2.61. The lowest BCUT2D eigenvalue weighted by atomic mass is 9.88. The topological polar surface area (TPSA) is 71.1 Å². The molecule has 144 valence electrons. The van der Waals surface area contributed by atoms with Crippen LogP contribution in [0.1, 0.15) is 33.2 Å². The fourth-order valence-corrected chi connectivity index (χ4v) is 3.35. The molecule has 0 amide bonds. The second-order valence-electron chi connectivity index (χ2n) is 6.92. The first kappa shape index (κ1) is 18.6. The highest BCUT2D eigenvalue weighted by atomic mass is 16.1. The fourth-order valence-electron chi connectivity index (χ4n) is 3.35. The van der Waals surface area contributed by atoms with Crippen molar-refractivity contribution in [3.05, 3.63) is 101 Å². The SMILES string of the molecule is CC1=C(Nc2ccc(CCNc3ccccn3)cc2)C(=O)c2ccccc2C1=O. The molecule has 0 saturated carbocycles. The van der Waals surface area contributed by atoms with Gasteiger partial charge in [0.15, 0.2) is 5.78 Å². The average molecular weight is 383 g/mol. The first-order valence-corrected chi connectivity index (χ1v) is 9.53. The van der Waals surface area contributed by atoms with Gasteiger partial charge in [-0.05, 0) is 43.2 Å². The maximum absolute atomic E-state index is 12.8. The van der Waals surface area contributed by atoms with Gasteiger partial charge in [0, 0.05) is 35.1 Å². The van der Waals surface area contributed by atoms with E-state index in [1.54, 1.807) is 37.4 Å². The molecule has 4 rings (SSSR count). The second kappa shape index (κ2) is 8.10. The number of nitrogens with one attached hydrogen (secondary N) is 2. The van der Waals surface area contributed by atoms with Crippen molar-refractivity contribution < 1.29 is 9.59 Å². The molecule has 1 aliphatic carbocycles. The summed E-state index contributed by atoms with van der Waals surface area (Å²) in [6, 6.07) is 20.6. The Labute approximate surface area is 169 Å². The van der Waals surface area contributed by atoms with Crippen molar-refractivity contribution in [2.24, 2.45) is 0 Å². The number of benzene rings is 2. The minimum absolute atomic E-state index is 0.111. The van der Waals surface area contributed by atoms with Gasteiger partial charge in [-0.2, -0.15) is 0 Å². The number of ketones is 2. The summed E-state index contributed by atoms with van der Waals surface area (Å²) in [5, 5.41) is 6.43. The Morgan fingerprint density at radius 1 is 0.828 bits per heavy atom. The zero-order chi connectivity index (χ0) is 20.2. The van der Waals surface area contributed by atoms with Gasteiger partial charge in [-0.15, -0.1) is 0 Å². The van der Waals surface area contributed by atoms with Crippen LogP contribution < -0.4 is 10.6 Å². The van der Waals surface area contributed by atoms with Gasteiger partial charge in [0.1, 0.15) is 5.82 Å². The van der Waals surface area contributed by atoms with Crippen LogP contribution in [0.25, 0.3) is 0 Å². The third-order valence-corrected chi connectivity index (χ3v) is 4.97. The Kier molecular flexibility index (Phi) is 5.20. The summed E-state index contributed by atoms with van der Waals surface area (Å²) in [4.78, 5) is 29.7. The fraction of sp³-hybridized carbons (Fsp3) is 0.125. The van der Waals surface area contributed by atoms with E-state index >= 15 is 0 Å². The van der Waals surface area contributed by atoms with Crippen molar-refractivity contribution in [1.82, 2.24) is 4.98 Å². The van der Waals surface area contributed by atoms with Crippen LogP contribution in [-0.2, 0) is 6.42 Å². The van der Waals surface area contributed by atoms with Crippen molar-refractivity contribution in [1.29, 1.82) is 0 Å². The van der Waals surface area contributed by atoms with Gasteiger partial charge in [0.25, 0.3) is 0 Å². The number of hydrogen-bond acceptors (Lipinski definition) is 5. The smallest absolute Gasteiger partial charge is 0.210 e. The third kappa shape index (κ3) is 3.94. The van der Waals surface area contributed by atoms with Crippen LogP contribution in [-0.4, -0.2) is 23.1 Å². The van der Waals surface area contributed by atoms with Crippen LogP contribution in [0.5, 0.6) is 0 Å². The number of aromatic nitrogens is 1. The van der Waals surface area contributed by atoms with Crippen LogP contribution in [0.2, 0.25) is 0 Å². The quantitative estimate of drug-likeness (QED) is 0.656. The molecule has 2 N–H and O–H groups in total. The van der Waals surface area contributed by atoms with E-state index in [2.05, 4.69) is 15.6 Å². The molecule has 5 nitrogen and oxygen atoms in total. The standard InChI is InChI=1S/C24H21N3O2/c1-16-22(24(29)20-7-3-2-6-19(20)23(16)28)27-18-11-9-17(10-12-18)13-15-26-21-8-4-5-14-25-21/h2-12,14,27H,13,15H2,1H3,(H,25,26). The van der Waals surface area contributed by atoms with E-state index in [9.17, 15) is 9.59 Å². The number of Topliss-reactive ketones (excluding diaryl/α,β-unsaturated/α-hetero) is 2. The van der Waals surface area contributed by atoms with Crippen molar-refractivity contribution >= 4 is 23.1 Å². The summed E-state index contributed by atoms with van der Waals surface area (Å²) >= 11 is 0. The van der Waals surface area contributed by atoms with Crippen molar-refractivity contribution in [3.8, 4) is 0 Å². The maximum Gasteiger partial charge on any atom is 0.210 e. The summed E-state index contributed by atoms with van der Waals surface area (Å²) in [6.45, 7) is 2.47. The minimum atomic E-state index is -0.152. The predicted molar refractivity (Wildman–Crippen MR) is 114 cm³/mol. The third-order valence-electron chi connectivity index (χ3n) is 4.97. The number of hydrogen-bond donors (Lipinski definition) is 2. The van der Waals surface area contributed by atoms with Gasteiger partial charge in [-0.25, -0.2) is 4.98 Å². The summed E-state index contributed by atoms with van der Waals surface area (Å²) in [5.41, 5.74) is 3.65. The Bertz CT molecular complexity index is 1090. The van der Waals surface area contributed by atoms with Gasteiger partial charge < -0.3 is 10.6 Å². The molecule has 0 atom stereocenters. The highest BCUT2D eigenvalue weighted by Gasteiger charge is 2.29. The monoisotopic (exact) mass is 383 g/mol. The largest absolute Gasteiger partial charge is 0.370 e. The van der Waals surface area contributed by atoms with Gasteiger partial charge >= 0.3 is 0 Å². The molecule has 0 fully saturated rings. The van der Waals surface area contributed by atoms with Crippen LogP contribution in [0, 0.1) is 0 Å². The van der Waals surface area contributed by atoms with E-state index in [1.165, 1.54) is 5.56 Å². The number of nitrogens with zero attached hydrogens (tertiary/aromatic N) is 1. The van der Waals surface area contributed by atoms with Gasteiger partial charge in [-0.1, -0.05) is 42.5 Å². The Morgan fingerprint density at radius 3 is 2.21 bits per heavy atom. The summed E-state index contributed by atoms with van der Waals surface area (Å²) in [7, 11) is 0. The van der Waals surface area contributed by atoms with Gasteiger partial charge in [-0.3, -0.25) is 9.59 Å². The molecule has 1 aromatic heterocycles. The molecule has 1 aliphatic rings. The maximum atomic E-state index is 12.8. The molecule has 0 spiro atoms. The van der Waals surface area contributed by atoms with Crippen LogP contribution in [0.15, 0.2) is 84.2 Å². The molecular formula is C24H21N3O2. The Hall–Kier alpha value is -3.73. The zero-order valence-corrected chi connectivity index (χ0v) is 16.1. The predicted octanol–water partition coefficient (Wildman–Crippen LogP) is 4.50. The van der Waals surface area contributed by atoms with Gasteiger partial charge in [0.2, 0.25) is 5.78 Å². The lowest BCUT2D eigenvalue weighted by Gasteiger charge is -2.20. The average Bonchev–Trinajstić information content (AvgIpc) is 2.77. The molecule has 0 bridgehead atoms. The molecule has 3 aromatic rings. The minimum Gasteiger partial charge on any atom is -0.370 e. The molecule has 29 heavy (non-hydrogen) atoms. The van der Waals surface area contributed by atoms with Gasteiger partial charge in [0.05, 0.1) is 5.70 Å². The number of allylic oxidation sites excluding steroid dienone is 2. The van der Waals surface area contributed by atoms with E-state index in [0.717, 1.165) is 24.5 Å². The molecule has 1 heterocycles. The Morgan fingerprint density at radius 2 is 1.52 bits per heavy atom. The number of anilines is 2. The molecule has 5 heteroatoms. The normalized spacial score (nSPS) is 13.3. The first-order chi connectivity index (χ1) is 14.1. The van der Waals surface area contributed by atoms with E-state index in [0.29, 0.717) is 22.4 Å². The lowest BCUT2D eigenvalue weighted by molar-refractivity contribution is 0.0976. The van der Waals surface area contributed by atoms with Crippen LogP contribution in [0.3, 0.4) is 0 Å². The van der Waals surface area contributed by atoms with E-state index in [-0.39, 0.29) is 11.6 Å². The molecule has 0 aliphatic heterocycles. The lowest BCUT2D eigenvalue weighted by Crippen LogP contribution is -2.25. The molecule has 0 radical (unpaired) electrons. The van der Waals surface area contributed by atoms with E-state index < -0.39 is 0 Å². The molecule has 0 saturated heterocycles. The summed E-state index contributed by atoms with van der Waals surface area (Å²) < 4.78 is 0. The van der Waals surface area contributed by atoms with E-state index in [4.69, 9.17) is 0 Å². The van der Waals surface area contributed by atoms with Crippen molar-refractivity contribution in [2.45, 2.75) is 13.3 Å². The van der Waals surface area contributed by atoms with E-state index in [1.807, 2.05) is 42.5 Å². The first-order valence-electron chi connectivity index (χ1n) is 9.53. The summed E-state index contributed by atoms with van der Waals surface area (Å²) in [5.74, 6) is 0.593. The van der Waals surface area contributed by atoms with Crippen molar-refractivity contribution in [2.75, 3.05) is 17.2 Å². The number of fused-ring (bicyclic) bond motifs is 1. The highest BCUT2D eigenvalue weighted by Crippen LogP contribution is 2.27. The number of pyridine rings is 1. The van der Waals surface area contributed by atoms with Crippen LogP contribution >= 0.6 is 0 Å². The highest BCUT2D eigenvalue weighted by molar-refractivity contribution is 6.27. The van der Waals surface area contributed by atoms with Crippen LogP contribution in [0.4, 0.5) is 11.5 Å². The molecular weight excluding hydrogens is 362 g/mol. The zero-order valence-electron chi connectivity index (χ0n) is 16.1. The Balaban J connectivity index is 1.43. The van der Waals surface area contributed by atoms with Crippen molar-refractivity contribution in [3.63, 3.8) is 0 Å². The molecule has 0 unspecified atom stereocenters. The number of carbonyl (C=O) groups excluding carboxylic acids is 2. The number of rotatable bonds is 6. The second-order valence-corrected chi connectivity index (χ2v) is 6.92. The molecule has 2 aromatic carbocycles.